The van der Waals surface area contributed by atoms with Crippen LogP contribution >= 0.6 is 23.2 Å². The molecule has 2 N–H and O–H groups in total. The number of benzene rings is 2. The summed E-state index contributed by atoms with van der Waals surface area (Å²) in [6.07, 6.45) is 2.41. The third kappa shape index (κ3) is 4.97. The summed E-state index contributed by atoms with van der Waals surface area (Å²) in [5.41, 5.74) is 1.91. The van der Waals surface area contributed by atoms with Crippen LogP contribution in [0.25, 0.3) is 0 Å². The quantitative estimate of drug-likeness (QED) is 0.615. The molecule has 0 saturated carbocycles. The number of hydrogen-bond acceptors (Lipinski definition) is 6. The summed E-state index contributed by atoms with van der Waals surface area (Å²) < 4.78 is 5.23. The molecule has 0 aliphatic rings. The van der Waals surface area contributed by atoms with Crippen LogP contribution in [0.15, 0.2) is 48.7 Å². The van der Waals surface area contributed by atoms with E-state index in [-0.39, 0.29) is 0 Å². The van der Waals surface area contributed by atoms with Gasteiger partial charge in [0.15, 0.2) is 5.82 Å². The van der Waals surface area contributed by atoms with Crippen LogP contribution in [0.4, 0.5) is 17.5 Å². The van der Waals surface area contributed by atoms with E-state index in [1.165, 1.54) is 5.56 Å². The van der Waals surface area contributed by atoms with Crippen LogP contribution < -0.4 is 15.4 Å². The second-order valence-electron chi connectivity index (χ2n) is 5.45. The summed E-state index contributed by atoms with van der Waals surface area (Å²) in [5, 5.41) is 15.2. The molecule has 0 amide bonds. The molecule has 1 aromatic heterocycles. The Hall–Kier alpha value is -2.57. The predicted octanol–water partition coefficient (Wildman–Crippen LogP) is 4.59. The lowest BCUT2D eigenvalue weighted by Crippen LogP contribution is -2.08. The highest BCUT2D eigenvalue weighted by Gasteiger charge is 2.04. The minimum absolute atomic E-state index is 0.370. The zero-order valence-electron chi connectivity index (χ0n) is 14.0. The summed E-state index contributed by atoms with van der Waals surface area (Å²) in [6, 6.07) is 13.2. The van der Waals surface area contributed by atoms with Gasteiger partial charge in [-0.05, 0) is 42.3 Å². The van der Waals surface area contributed by atoms with Gasteiger partial charge >= 0.3 is 0 Å². The summed E-state index contributed by atoms with van der Waals surface area (Å²) in [6.45, 7) is 0.706. The lowest BCUT2D eigenvalue weighted by Gasteiger charge is -2.09. The van der Waals surface area contributed by atoms with Crippen molar-refractivity contribution in [3.63, 3.8) is 0 Å². The van der Waals surface area contributed by atoms with Crippen molar-refractivity contribution in [3.8, 4) is 5.75 Å². The second kappa shape index (κ2) is 8.69. The number of ether oxygens (including phenoxy) is 1. The highest BCUT2D eigenvalue weighted by molar-refractivity contribution is 6.42. The molecule has 0 unspecified atom stereocenters. The molecule has 0 fully saturated rings. The van der Waals surface area contributed by atoms with E-state index >= 15 is 0 Å². The number of halogens is 2. The SMILES string of the molecule is COc1cccc(CCNc2cnnc(Nc3ccc(Cl)c(Cl)c3)n2)c1. The molecule has 0 atom stereocenters. The Labute approximate surface area is 161 Å². The molecule has 2 aromatic carbocycles. The molecule has 6 nitrogen and oxygen atoms in total. The zero-order valence-corrected chi connectivity index (χ0v) is 15.6. The van der Waals surface area contributed by atoms with Gasteiger partial charge in [0.1, 0.15) is 5.75 Å². The number of aromatic nitrogens is 3. The number of rotatable bonds is 7. The van der Waals surface area contributed by atoms with Crippen molar-refractivity contribution in [2.45, 2.75) is 6.42 Å². The Bertz CT molecular complexity index is 891. The van der Waals surface area contributed by atoms with Crippen molar-refractivity contribution >= 4 is 40.7 Å². The van der Waals surface area contributed by atoms with Crippen molar-refractivity contribution in [1.29, 1.82) is 0 Å². The van der Waals surface area contributed by atoms with E-state index in [0.717, 1.165) is 17.9 Å². The van der Waals surface area contributed by atoms with Gasteiger partial charge in [-0.1, -0.05) is 35.3 Å². The molecule has 3 rings (SSSR count). The molecule has 0 aliphatic heterocycles. The summed E-state index contributed by atoms with van der Waals surface area (Å²) in [7, 11) is 1.66. The topological polar surface area (TPSA) is 72.0 Å². The Balaban J connectivity index is 1.59. The van der Waals surface area contributed by atoms with Crippen LogP contribution in [0.5, 0.6) is 5.75 Å². The summed E-state index contributed by atoms with van der Waals surface area (Å²) in [4.78, 5) is 4.39. The second-order valence-corrected chi connectivity index (χ2v) is 6.26. The molecule has 0 radical (unpaired) electrons. The number of nitrogens with zero attached hydrogens (tertiary/aromatic N) is 3. The fraction of sp³-hybridized carbons (Fsp3) is 0.167. The molecule has 26 heavy (non-hydrogen) atoms. The minimum atomic E-state index is 0.370. The van der Waals surface area contributed by atoms with Gasteiger partial charge in [0.05, 0.1) is 23.4 Å². The van der Waals surface area contributed by atoms with E-state index in [2.05, 4.69) is 31.9 Å². The maximum Gasteiger partial charge on any atom is 0.249 e. The largest absolute Gasteiger partial charge is 0.497 e. The fourth-order valence-electron chi connectivity index (χ4n) is 2.31. The fourth-order valence-corrected chi connectivity index (χ4v) is 2.61. The molecule has 0 aliphatic carbocycles. The predicted molar refractivity (Wildman–Crippen MR) is 105 cm³/mol. The number of anilines is 3. The van der Waals surface area contributed by atoms with Gasteiger partial charge in [-0.15, -0.1) is 5.10 Å². The average molecular weight is 390 g/mol. The number of nitrogens with one attached hydrogen (secondary N) is 2. The molecular weight excluding hydrogens is 373 g/mol. The maximum absolute atomic E-state index is 6.01. The van der Waals surface area contributed by atoms with E-state index in [4.69, 9.17) is 27.9 Å². The molecule has 134 valence electrons. The summed E-state index contributed by atoms with van der Waals surface area (Å²) >= 11 is 11.9. The maximum atomic E-state index is 6.01. The molecule has 1 heterocycles. The van der Waals surface area contributed by atoms with Gasteiger partial charge < -0.3 is 15.4 Å². The van der Waals surface area contributed by atoms with Crippen molar-refractivity contribution in [2.24, 2.45) is 0 Å². The minimum Gasteiger partial charge on any atom is -0.497 e. The van der Waals surface area contributed by atoms with Crippen LogP contribution in [-0.4, -0.2) is 28.8 Å². The zero-order chi connectivity index (χ0) is 18.4. The number of methoxy groups -OCH3 is 1. The van der Waals surface area contributed by atoms with Crippen molar-refractivity contribution < 1.29 is 4.74 Å². The van der Waals surface area contributed by atoms with Crippen LogP contribution in [0, 0.1) is 0 Å². The van der Waals surface area contributed by atoms with Gasteiger partial charge in [0, 0.05) is 12.2 Å². The van der Waals surface area contributed by atoms with Crippen molar-refractivity contribution in [2.75, 3.05) is 24.3 Å². The third-order valence-corrected chi connectivity index (χ3v) is 4.33. The normalized spacial score (nSPS) is 10.4. The standard InChI is InChI=1S/C18H17Cl2N5O/c1-26-14-4-2-3-12(9-14)7-8-21-17-11-22-25-18(24-17)23-13-5-6-15(19)16(20)10-13/h2-6,9-11H,7-8H2,1H3,(H2,21,23,24,25). The molecule has 0 bridgehead atoms. The van der Waals surface area contributed by atoms with Crippen molar-refractivity contribution in [1.82, 2.24) is 15.2 Å². The van der Waals surface area contributed by atoms with Gasteiger partial charge in [0.2, 0.25) is 5.95 Å². The van der Waals surface area contributed by atoms with Gasteiger partial charge in [-0.2, -0.15) is 10.1 Å². The highest BCUT2D eigenvalue weighted by atomic mass is 35.5. The Kier molecular flexibility index (Phi) is 6.09. The van der Waals surface area contributed by atoms with Crippen LogP contribution in [-0.2, 0) is 6.42 Å². The Morgan fingerprint density at radius 2 is 1.96 bits per heavy atom. The van der Waals surface area contributed by atoms with E-state index in [1.807, 2.05) is 18.2 Å². The lowest BCUT2D eigenvalue weighted by molar-refractivity contribution is 0.414. The Morgan fingerprint density at radius 1 is 1.08 bits per heavy atom. The summed E-state index contributed by atoms with van der Waals surface area (Å²) in [5.74, 6) is 1.85. The average Bonchev–Trinajstić information content (AvgIpc) is 2.65. The van der Waals surface area contributed by atoms with Gasteiger partial charge in [-0.25, -0.2) is 0 Å². The molecule has 0 saturated heterocycles. The first-order valence-electron chi connectivity index (χ1n) is 7.92. The van der Waals surface area contributed by atoms with E-state index < -0.39 is 0 Å². The lowest BCUT2D eigenvalue weighted by atomic mass is 10.1. The molecule has 0 spiro atoms. The van der Waals surface area contributed by atoms with Crippen LogP contribution in [0.2, 0.25) is 10.0 Å². The number of hydrogen-bond donors (Lipinski definition) is 2. The van der Waals surface area contributed by atoms with Gasteiger partial charge in [0.25, 0.3) is 0 Å². The monoisotopic (exact) mass is 389 g/mol. The first-order valence-corrected chi connectivity index (χ1v) is 8.68. The third-order valence-electron chi connectivity index (χ3n) is 3.59. The van der Waals surface area contributed by atoms with Gasteiger partial charge in [-0.3, -0.25) is 0 Å². The molecule has 3 aromatic rings. The van der Waals surface area contributed by atoms with Crippen LogP contribution in [0.3, 0.4) is 0 Å². The first kappa shape index (κ1) is 18.2. The smallest absolute Gasteiger partial charge is 0.249 e. The van der Waals surface area contributed by atoms with Crippen molar-refractivity contribution in [3.05, 3.63) is 64.3 Å². The Morgan fingerprint density at radius 3 is 2.77 bits per heavy atom. The molecule has 8 heteroatoms. The van der Waals surface area contributed by atoms with E-state index in [0.29, 0.717) is 28.4 Å². The van der Waals surface area contributed by atoms with E-state index in [9.17, 15) is 0 Å². The first-order chi connectivity index (χ1) is 12.6. The molecular formula is C18H17Cl2N5O. The van der Waals surface area contributed by atoms with E-state index in [1.54, 1.807) is 31.5 Å². The highest BCUT2D eigenvalue weighted by Crippen LogP contribution is 2.26. The van der Waals surface area contributed by atoms with Crippen LogP contribution in [0.1, 0.15) is 5.56 Å².